The minimum atomic E-state index is 0.695. The Balaban J connectivity index is 2.35. The van der Waals surface area contributed by atoms with Crippen molar-refractivity contribution >= 4 is 0 Å². The lowest BCUT2D eigenvalue weighted by Gasteiger charge is -1.96. The van der Waals surface area contributed by atoms with Crippen LogP contribution in [0.5, 0.6) is 0 Å². The van der Waals surface area contributed by atoms with Crippen LogP contribution in [0.25, 0.3) is 0 Å². The summed E-state index contributed by atoms with van der Waals surface area (Å²) < 4.78 is 0. The molecule has 56 valence electrons. The maximum atomic E-state index is 8.17. The van der Waals surface area contributed by atoms with Crippen molar-refractivity contribution in [3.8, 4) is 6.19 Å². The molecule has 1 heterocycles. The number of nitrogens with one attached hydrogen (secondary N) is 1. The fourth-order valence-corrected chi connectivity index (χ4v) is 0.812. The largest absolute Gasteiger partial charge is 0.324 e. The molecule has 0 aliphatic heterocycles. The molecule has 1 aromatic rings. The highest BCUT2D eigenvalue weighted by molar-refractivity contribution is 5.09. The van der Waals surface area contributed by atoms with Gasteiger partial charge in [-0.1, -0.05) is 0 Å². The van der Waals surface area contributed by atoms with Crippen molar-refractivity contribution < 1.29 is 0 Å². The van der Waals surface area contributed by atoms with E-state index in [9.17, 15) is 0 Å². The molecule has 0 saturated heterocycles. The van der Waals surface area contributed by atoms with Crippen LogP contribution >= 0.6 is 0 Å². The van der Waals surface area contributed by atoms with Gasteiger partial charge in [0.05, 0.1) is 0 Å². The standard InChI is InChI=1S/C8H9N3/c9-7-11-6-3-8-1-4-10-5-2-8/h1-2,4-5,11H,3,6H2. The summed E-state index contributed by atoms with van der Waals surface area (Å²) in [6, 6.07) is 3.89. The normalized spacial score (nSPS) is 8.64. The zero-order valence-corrected chi connectivity index (χ0v) is 6.12. The molecule has 0 aliphatic carbocycles. The van der Waals surface area contributed by atoms with E-state index in [1.807, 2.05) is 18.3 Å². The van der Waals surface area contributed by atoms with Gasteiger partial charge >= 0.3 is 0 Å². The molecule has 0 fully saturated rings. The predicted octanol–water partition coefficient (Wildman–Crippen LogP) is 0.695. The number of hydrogen-bond donors (Lipinski definition) is 1. The van der Waals surface area contributed by atoms with E-state index in [2.05, 4.69) is 10.3 Å². The van der Waals surface area contributed by atoms with Crippen LogP contribution < -0.4 is 5.32 Å². The van der Waals surface area contributed by atoms with Crippen LogP contribution in [0, 0.1) is 11.5 Å². The fourth-order valence-electron chi connectivity index (χ4n) is 0.812. The van der Waals surface area contributed by atoms with Crippen LogP contribution in [-0.2, 0) is 6.42 Å². The van der Waals surface area contributed by atoms with Gasteiger partial charge in [-0.3, -0.25) is 4.98 Å². The predicted molar refractivity (Wildman–Crippen MR) is 41.6 cm³/mol. The summed E-state index contributed by atoms with van der Waals surface area (Å²) in [6.45, 7) is 0.695. The van der Waals surface area contributed by atoms with E-state index in [0.29, 0.717) is 6.54 Å². The van der Waals surface area contributed by atoms with Crippen LogP contribution in [0.15, 0.2) is 24.5 Å². The molecule has 1 N–H and O–H groups in total. The molecule has 3 heteroatoms. The Hall–Kier alpha value is -1.56. The molecule has 0 saturated carbocycles. The molecule has 3 nitrogen and oxygen atoms in total. The van der Waals surface area contributed by atoms with Crippen molar-refractivity contribution in [3.05, 3.63) is 30.1 Å². The molecule has 0 amide bonds. The zero-order chi connectivity index (χ0) is 7.94. The second-order valence-electron chi connectivity index (χ2n) is 2.14. The van der Waals surface area contributed by atoms with Crippen LogP contribution in [-0.4, -0.2) is 11.5 Å². The van der Waals surface area contributed by atoms with E-state index < -0.39 is 0 Å². The first-order chi connectivity index (χ1) is 5.43. The molecule has 0 radical (unpaired) electrons. The third kappa shape index (κ3) is 2.67. The first-order valence-corrected chi connectivity index (χ1v) is 3.44. The fraction of sp³-hybridized carbons (Fsp3) is 0.250. The number of aromatic nitrogens is 1. The van der Waals surface area contributed by atoms with Crippen LogP contribution in [0.3, 0.4) is 0 Å². The molecule has 0 spiro atoms. The smallest absolute Gasteiger partial charge is 0.176 e. The van der Waals surface area contributed by atoms with Crippen molar-refractivity contribution in [1.82, 2.24) is 10.3 Å². The minimum absolute atomic E-state index is 0.695. The topological polar surface area (TPSA) is 48.7 Å². The summed E-state index contributed by atoms with van der Waals surface area (Å²) in [5.74, 6) is 0. The van der Waals surface area contributed by atoms with Gasteiger partial charge in [0.25, 0.3) is 0 Å². The molecule has 11 heavy (non-hydrogen) atoms. The van der Waals surface area contributed by atoms with Gasteiger partial charge in [0, 0.05) is 18.9 Å². The van der Waals surface area contributed by atoms with Gasteiger partial charge in [0.15, 0.2) is 6.19 Å². The summed E-state index contributed by atoms with van der Waals surface area (Å²) in [4.78, 5) is 3.89. The van der Waals surface area contributed by atoms with E-state index >= 15 is 0 Å². The van der Waals surface area contributed by atoms with Gasteiger partial charge < -0.3 is 5.32 Å². The molecular formula is C8H9N3. The summed E-state index contributed by atoms with van der Waals surface area (Å²) >= 11 is 0. The monoisotopic (exact) mass is 147 g/mol. The molecule has 1 aromatic heterocycles. The van der Waals surface area contributed by atoms with Gasteiger partial charge in [0.2, 0.25) is 0 Å². The van der Waals surface area contributed by atoms with E-state index in [0.717, 1.165) is 6.42 Å². The third-order valence-corrected chi connectivity index (χ3v) is 1.37. The van der Waals surface area contributed by atoms with E-state index in [4.69, 9.17) is 5.26 Å². The lowest BCUT2D eigenvalue weighted by atomic mass is 10.2. The quantitative estimate of drug-likeness (QED) is 0.389. The van der Waals surface area contributed by atoms with Gasteiger partial charge in [-0.15, -0.1) is 0 Å². The average molecular weight is 147 g/mol. The number of rotatable bonds is 3. The van der Waals surface area contributed by atoms with Crippen molar-refractivity contribution in [3.63, 3.8) is 0 Å². The van der Waals surface area contributed by atoms with Gasteiger partial charge in [-0.05, 0) is 24.1 Å². The highest BCUT2D eigenvalue weighted by Crippen LogP contribution is 1.95. The number of nitriles is 1. The summed E-state index contributed by atoms with van der Waals surface area (Å²) in [6.07, 6.45) is 6.25. The maximum Gasteiger partial charge on any atom is 0.176 e. The Morgan fingerprint density at radius 3 is 2.82 bits per heavy atom. The SMILES string of the molecule is N#CNCCc1ccncc1. The van der Waals surface area contributed by atoms with E-state index in [-0.39, 0.29) is 0 Å². The minimum Gasteiger partial charge on any atom is -0.324 e. The van der Waals surface area contributed by atoms with Crippen molar-refractivity contribution in [2.24, 2.45) is 0 Å². The van der Waals surface area contributed by atoms with Crippen LogP contribution in [0.1, 0.15) is 5.56 Å². The Kier molecular flexibility index (Phi) is 2.94. The molecular weight excluding hydrogens is 138 g/mol. The van der Waals surface area contributed by atoms with Crippen molar-refractivity contribution in [2.45, 2.75) is 6.42 Å². The van der Waals surface area contributed by atoms with E-state index in [1.165, 1.54) is 5.56 Å². The second-order valence-corrected chi connectivity index (χ2v) is 2.14. The highest BCUT2D eigenvalue weighted by Gasteiger charge is 1.88. The molecule has 0 aliphatic rings. The third-order valence-electron chi connectivity index (χ3n) is 1.37. The molecule has 0 aromatic carbocycles. The lowest BCUT2D eigenvalue weighted by molar-refractivity contribution is 0.842. The van der Waals surface area contributed by atoms with E-state index in [1.54, 1.807) is 12.4 Å². The molecule has 0 unspecified atom stereocenters. The maximum absolute atomic E-state index is 8.17. The summed E-state index contributed by atoms with van der Waals surface area (Å²) in [7, 11) is 0. The number of pyridine rings is 1. The Labute approximate surface area is 65.7 Å². The average Bonchev–Trinajstić information content (AvgIpc) is 2.07. The first kappa shape index (κ1) is 7.55. The van der Waals surface area contributed by atoms with Crippen molar-refractivity contribution in [2.75, 3.05) is 6.54 Å². The summed E-state index contributed by atoms with van der Waals surface area (Å²) in [5.41, 5.74) is 1.20. The zero-order valence-electron chi connectivity index (χ0n) is 6.12. The Morgan fingerprint density at radius 2 is 2.18 bits per heavy atom. The highest BCUT2D eigenvalue weighted by atomic mass is 14.8. The number of nitrogens with zero attached hydrogens (tertiary/aromatic N) is 2. The van der Waals surface area contributed by atoms with Gasteiger partial charge in [-0.2, -0.15) is 5.26 Å². The molecule has 1 rings (SSSR count). The second kappa shape index (κ2) is 4.29. The van der Waals surface area contributed by atoms with Gasteiger partial charge in [0.1, 0.15) is 0 Å². The Bertz CT molecular complexity index is 237. The van der Waals surface area contributed by atoms with Gasteiger partial charge in [-0.25, -0.2) is 0 Å². The first-order valence-electron chi connectivity index (χ1n) is 3.44. The molecule has 0 atom stereocenters. The summed E-state index contributed by atoms with van der Waals surface area (Å²) in [5, 5.41) is 10.8. The lowest BCUT2D eigenvalue weighted by Crippen LogP contribution is -2.09. The number of hydrogen-bond acceptors (Lipinski definition) is 3. The molecule has 0 bridgehead atoms. The van der Waals surface area contributed by atoms with Crippen LogP contribution in [0.4, 0.5) is 0 Å². The van der Waals surface area contributed by atoms with Crippen molar-refractivity contribution in [1.29, 1.82) is 5.26 Å². The Morgan fingerprint density at radius 1 is 1.45 bits per heavy atom. The van der Waals surface area contributed by atoms with Crippen LogP contribution in [0.2, 0.25) is 0 Å².